The van der Waals surface area contributed by atoms with E-state index in [1.54, 1.807) is 6.92 Å². The van der Waals surface area contributed by atoms with E-state index in [2.05, 4.69) is 10.1 Å². The molecule has 20 heavy (non-hydrogen) atoms. The first kappa shape index (κ1) is 14.9. The Bertz CT molecular complexity index is 428. The van der Waals surface area contributed by atoms with Crippen molar-refractivity contribution in [1.82, 2.24) is 10.1 Å². The van der Waals surface area contributed by atoms with Crippen molar-refractivity contribution in [1.29, 1.82) is 0 Å². The SMILES string of the molecule is CCc1noc(COC(=O)C(C)OCC2CCCO2)n1. The molecule has 112 valence electrons. The minimum Gasteiger partial charge on any atom is -0.454 e. The fourth-order valence-electron chi connectivity index (χ4n) is 1.84. The minimum absolute atomic E-state index is 0.0283. The maximum Gasteiger partial charge on any atom is 0.335 e. The van der Waals surface area contributed by atoms with E-state index < -0.39 is 12.1 Å². The molecule has 1 saturated heterocycles. The van der Waals surface area contributed by atoms with Crippen molar-refractivity contribution >= 4 is 5.97 Å². The van der Waals surface area contributed by atoms with Crippen molar-refractivity contribution < 1.29 is 23.5 Å². The average Bonchev–Trinajstić information content (AvgIpc) is 3.13. The zero-order valence-corrected chi connectivity index (χ0v) is 11.8. The Hall–Kier alpha value is -1.47. The average molecular weight is 284 g/mol. The van der Waals surface area contributed by atoms with Gasteiger partial charge in [-0.3, -0.25) is 0 Å². The van der Waals surface area contributed by atoms with Crippen LogP contribution in [0.25, 0.3) is 0 Å². The Morgan fingerprint density at radius 3 is 3.05 bits per heavy atom. The van der Waals surface area contributed by atoms with Gasteiger partial charge in [0.15, 0.2) is 18.5 Å². The number of hydrogen-bond donors (Lipinski definition) is 0. The van der Waals surface area contributed by atoms with Gasteiger partial charge in [0.25, 0.3) is 5.89 Å². The Morgan fingerprint density at radius 1 is 1.55 bits per heavy atom. The molecule has 2 heterocycles. The van der Waals surface area contributed by atoms with Crippen LogP contribution >= 0.6 is 0 Å². The quantitative estimate of drug-likeness (QED) is 0.697. The topological polar surface area (TPSA) is 83.7 Å². The van der Waals surface area contributed by atoms with E-state index in [0.717, 1.165) is 19.4 Å². The molecule has 1 aliphatic rings. The molecule has 2 rings (SSSR count). The molecule has 0 bridgehead atoms. The fourth-order valence-corrected chi connectivity index (χ4v) is 1.84. The number of hydrogen-bond acceptors (Lipinski definition) is 7. The van der Waals surface area contributed by atoms with Gasteiger partial charge in [-0.1, -0.05) is 12.1 Å². The van der Waals surface area contributed by atoms with Gasteiger partial charge < -0.3 is 18.7 Å². The van der Waals surface area contributed by atoms with Gasteiger partial charge in [0.05, 0.1) is 12.7 Å². The highest BCUT2D eigenvalue weighted by Gasteiger charge is 2.21. The van der Waals surface area contributed by atoms with E-state index in [1.165, 1.54) is 0 Å². The fraction of sp³-hybridized carbons (Fsp3) is 0.769. The van der Waals surface area contributed by atoms with E-state index in [-0.39, 0.29) is 12.7 Å². The lowest BCUT2D eigenvalue weighted by atomic mass is 10.2. The molecule has 7 heteroatoms. The number of ether oxygens (including phenoxy) is 3. The number of carbonyl (C=O) groups is 1. The molecule has 7 nitrogen and oxygen atoms in total. The molecule has 0 saturated carbocycles. The Kier molecular flexibility index (Phi) is 5.49. The molecule has 0 amide bonds. The van der Waals surface area contributed by atoms with E-state index in [1.807, 2.05) is 6.92 Å². The van der Waals surface area contributed by atoms with Crippen LogP contribution in [0.2, 0.25) is 0 Å². The Balaban J connectivity index is 1.67. The highest BCUT2D eigenvalue weighted by molar-refractivity contribution is 5.74. The van der Waals surface area contributed by atoms with Crippen LogP contribution in [0.3, 0.4) is 0 Å². The number of esters is 1. The van der Waals surface area contributed by atoms with Gasteiger partial charge in [0, 0.05) is 13.0 Å². The normalized spacial score (nSPS) is 20.0. The van der Waals surface area contributed by atoms with Crippen molar-refractivity contribution in [2.75, 3.05) is 13.2 Å². The number of rotatable bonds is 7. The lowest BCUT2D eigenvalue weighted by Crippen LogP contribution is -2.27. The van der Waals surface area contributed by atoms with Gasteiger partial charge in [-0.15, -0.1) is 0 Å². The number of aryl methyl sites for hydroxylation is 1. The first-order valence-corrected chi connectivity index (χ1v) is 6.90. The highest BCUT2D eigenvalue weighted by atomic mass is 16.6. The first-order chi connectivity index (χ1) is 9.69. The Labute approximate surface area is 117 Å². The van der Waals surface area contributed by atoms with Gasteiger partial charge in [0.1, 0.15) is 0 Å². The third-order valence-corrected chi connectivity index (χ3v) is 3.05. The highest BCUT2D eigenvalue weighted by Crippen LogP contribution is 2.13. The smallest absolute Gasteiger partial charge is 0.335 e. The lowest BCUT2D eigenvalue weighted by molar-refractivity contribution is -0.160. The van der Waals surface area contributed by atoms with E-state index in [9.17, 15) is 4.79 Å². The summed E-state index contributed by atoms with van der Waals surface area (Å²) in [7, 11) is 0. The molecule has 0 N–H and O–H groups in total. The molecule has 1 aromatic rings. The molecule has 2 unspecified atom stereocenters. The molecule has 2 atom stereocenters. The minimum atomic E-state index is -0.632. The summed E-state index contributed by atoms with van der Waals surface area (Å²) in [6, 6.07) is 0. The third-order valence-electron chi connectivity index (χ3n) is 3.05. The lowest BCUT2D eigenvalue weighted by Gasteiger charge is -2.14. The second-order valence-corrected chi connectivity index (χ2v) is 4.68. The first-order valence-electron chi connectivity index (χ1n) is 6.90. The molecule has 1 fully saturated rings. The summed E-state index contributed by atoms with van der Waals surface area (Å²) in [5.74, 6) is 0.444. The zero-order chi connectivity index (χ0) is 14.4. The molecular formula is C13H20N2O5. The molecule has 0 radical (unpaired) electrons. The van der Waals surface area contributed by atoms with Crippen LogP contribution in [-0.2, 0) is 32.0 Å². The second kappa shape index (κ2) is 7.35. The van der Waals surface area contributed by atoms with Gasteiger partial charge >= 0.3 is 5.97 Å². The largest absolute Gasteiger partial charge is 0.454 e. The van der Waals surface area contributed by atoms with Crippen molar-refractivity contribution in [3.63, 3.8) is 0 Å². The summed E-state index contributed by atoms with van der Waals surface area (Å²) in [6.07, 6.45) is 2.16. The number of aromatic nitrogens is 2. The van der Waals surface area contributed by atoms with Crippen molar-refractivity contribution in [3.8, 4) is 0 Å². The van der Waals surface area contributed by atoms with Crippen LogP contribution in [0.4, 0.5) is 0 Å². The van der Waals surface area contributed by atoms with Crippen LogP contribution in [0.1, 0.15) is 38.4 Å². The summed E-state index contributed by atoms with van der Waals surface area (Å²) < 4.78 is 20.8. The van der Waals surface area contributed by atoms with E-state index in [0.29, 0.717) is 24.7 Å². The molecule has 0 aliphatic carbocycles. The molecular weight excluding hydrogens is 264 g/mol. The number of carbonyl (C=O) groups excluding carboxylic acids is 1. The maximum absolute atomic E-state index is 11.7. The standard InChI is InChI=1S/C13H20N2O5/c1-3-11-14-12(20-15-11)8-19-13(16)9(2)18-7-10-5-4-6-17-10/h9-10H,3-8H2,1-2H3. The molecule has 1 aliphatic heterocycles. The van der Waals surface area contributed by atoms with Crippen LogP contribution in [0.5, 0.6) is 0 Å². The second-order valence-electron chi connectivity index (χ2n) is 4.68. The van der Waals surface area contributed by atoms with Crippen molar-refractivity contribution in [2.45, 2.75) is 51.9 Å². The van der Waals surface area contributed by atoms with Crippen LogP contribution in [-0.4, -0.2) is 41.5 Å². The van der Waals surface area contributed by atoms with Crippen molar-refractivity contribution in [3.05, 3.63) is 11.7 Å². The molecule has 1 aromatic heterocycles. The monoisotopic (exact) mass is 284 g/mol. The van der Waals surface area contributed by atoms with Crippen LogP contribution < -0.4 is 0 Å². The maximum atomic E-state index is 11.7. The third kappa shape index (κ3) is 4.28. The van der Waals surface area contributed by atoms with Crippen molar-refractivity contribution in [2.24, 2.45) is 0 Å². The predicted octanol–water partition coefficient (Wildman–Crippen LogP) is 1.26. The van der Waals surface area contributed by atoms with Gasteiger partial charge in [-0.2, -0.15) is 4.98 Å². The van der Waals surface area contributed by atoms with Gasteiger partial charge in [-0.05, 0) is 19.8 Å². The summed E-state index contributed by atoms with van der Waals surface area (Å²) >= 11 is 0. The Morgan fingerprint density at radius 2 is 2.40 bits per heavy atom. The predicted molar refractivity (Wildman–Crippen MR) is 67.9 cm³/mol. The summed E-state index contributed by atoms with van der Waals surface area (Å²) in [6.45, 7) is 4.73. The van der Waals surface area contributed by atoms with Gasteiger partial charge in [0.2, 0.25) is 0 Å². The van der Waals surface area contributed by atoms with Crippen LogP contribution in [0, 0.1) is 0 Å². The number of nitrogens with zero attached hydrogens (tertiary/aromatic N) is 2. The zero-order valence-electron chi connectivity index (χ0n) is 11.8. The van der Waals surface area contributed by atoms with E-state index in [4.69, 9.17) is 18.7 Å². The summed E-state index contributed by atoms with van der Waals surface area (Å²) in [5.41, 5.74) is 0. The summed E-state index contributed by atoms with van der Waals surface area (Å²) in [4.78, 5) is 15.8. The summed E-state index contributed by atoms with van der Waals surface area (Å²) in [5, 5.41) is 3.72. The van der Waals surface area contributed by atoms with Gasteiger partial charge in [-0.25, -0.2) is 4.79 Å². The molecule has 0 aromatic carbocycles. The molecule has 0 spiro atoms. The van der Waals surface area contributed by atoms with E-state index >= 15 is 0 Å². The van der Waals surface area contributed by atoms with Crippen LogP contribution in [0.15, 0.2) is 4.52 Å².